The summed E-state index contributed by atoms with van der Waals surface area (Å²) in [7, 11) is 0. The molecule has 5 nitrogen and oxygen atoms in total. The molecule has 0 radical (unpaired) electrons. The van der Waals surface area contributed by atoms with Crippen molar-refractivity contribution in [2.75, 3.05) is 5.32 Å². The Balaban J connectivity index is 1.95. The number of nitrogens with zero attached hydrogens (tertiary/aromatic N) is 3. The maximum atomic E-state index is 9.53. The normalized spacial score (nSPS) is 23.4. The third-order valence-corrected chi connectivity index (χ3v) is 3.56. The second-order valence-corrected chi connectivity index (χ2v) is 4.93. The molecule has 94 valence electrons. The van der Waals surface area contributed by atoms with Gasteiger partial charge in [0, 0.05) is 29.2 Å². The van der Waals surface area contributed by atoms with Gasteiger partial charge in [-0.1, -0.05) is 11.6 Å². The second kappa shape index (κ2) is 4.66. The van der Waals surface area contributed by atoms with Gasteiger partial charge in [0.2, 0.25) is 0 Å². The molecule has 0 aromatic carbocycles. The summed E-state index contributed by atoms with van der Waals surface area (Å²) in [5, 5.41) is 22.9. The fraction of sp³-hybridized carbons (Fsp3) is 0.417. The van der Waals surface area contributed by atoms with E-state index >= 15 is 0 Å². The van der Waals surface area contributed by atoms with Crippen LogP contribution in [0.3, 0.4) is 0 Å². The Kier molecular flexibility index (Phi) is 3.01. The first-order chi connectivity index (χ1) is 8.74. The molecule has 3 rings (SSSR count). The molecule has 1 aliphatic rings. The van der Waals surface area contributed by atoms with E-state index in [0.717, 1.165) is 30.0 Å². The van der Waals surface area contributed by atoms with E-state index in [4.69, 9.17) is 11.6 Å². The van der Waals surface area contributed by atoms with Gasteiger partial charge in [-0.2, -0.15) is 0 Å². The Bertz CT molecular complexity index is 577. The van der Waals surface area contributed by atoms with Gasteiger partial charge in [-0.05, 0) is 25.3 Å². The molecular formula is C12H13ClN4O. The highest BCUT2D eigenvalue weighted by atomic mass is 35.5. The number of fused-ring (bicyclic) bond motifs is 1. The summed E-state index contributed by atoms with van der Waals surface area (Å²) in [6, 6.07) is 2.11. The quantitative estimate of drug-likeness (QED) is 0.868. The number of nitrogens with one attached hydrogen (secondary N) is 1. The van der Waals surface area contributed by atoms with Crippen molar-refractivity contribution in [1.29, 1.82) is 0 Å². The van der Waals surface area contributed by atoms with Crippen LogP contribution in [0.4, 0.5) is 5.82 Å². The molecule has 2 atom stereocenters. The first-order valence-electron chi connectivity index (χ1n) is 5.94. The van der Waals surface area contributed by atoms with Crippen molar-refractivity contribution in [3.05, 3.63) is 23.6 Å². The monoisotopic (exact) mass is 264 g/mol. The molecule has 1 saturated carbocycles. The zero-order valence-electron chi connectivity index (χ0n) is 9.67. The molecule has 2 aromatic heterocycles. The molecule has 1 fully saturated rings. The summed E-state index contributed by atoms with van der Waals surface area (Å²) in [5.41, 5.74) is 0. The fourth-order valence-electron chi connectivity index (χ4n) is 2.36. The number of aromatic nitrogens is 3. The highest BCUT2D eigenvalue weighted by molar-refractivity contribution is 6.34. The van der Waals surface area contributed by atoms with Crippen molar-refractivity contribution in [2.24, 2.45) is 0 Å². The van der Waals surface area contributed by atoms with Gasteiger partial charge in [-0.15, -0.1) is 10.2 Å². The number of halogens is 1. The van der Waals surface area contributed by atoms with Crippen LogP contribution in [-0.4, -0.2) is 32.4 Å². The summed E-state index contributed by atoms with van der Waals surface area (Å²) in [4.78, 5) is 4.04. The topological polar surface area (TPSA) is 70.9 Å². The van der Waals surface area contributed by atoms with Gasteiger partial charge in [-0.25, -0.2) is 0 Å². The average molecular weight is 265 g/mol. The number of hydrogen-bond acceptors (Lipinski definition) is 5. The molecule has 1 unspecified atom stereocenters. The minimum absolute atomic E-state index is 0.212. The first-order valence-corrected chi connectivity index (χ1v) is 6.32. The lowest BCUT2D eigenvalue weighted by molar-refractivity contribution is 0.182. The van der Waals surface area contributed by atoms with E-state index in [9.17, 15) is 5.11 Å². The summed E-state index contributed by atoms with van der Waals surface area (Å²) < 4.78 is 0. The smallest absolute Gasteiger partial charge is 0.161 e. The van der Waals surface area contributed by atoms with E-state index in [-0.39, 0.29) is 12.1 Å². The predicted molar refractivity (Wildman–Crippen MR) is 69.6 cm³/mol. The summed E-state index contributed by atoms with van der Waals surface area (Å²) in [6.45, 7) is 0. The number of aliphatic hydroxyl groups excluding tert-OH is 1. The maximum Gasteiger partial charge on any atom is 0.161 e. The number of hydrogen-bond donors (Lipinski definition) is 2. The molecule has 1 aliphatic carbocycles. The molecule has 0 amide bonds. The van der Waals surface area contributed by atoms with Gasteiger partial charge >= 0.3 is 0 Å². The van der Waals surface area contributed by atoms with E-state index in [1.165, 1.54) is 0 Å². The van der Waals surface area contributed by atoms with Gasteiger partial charge in [0.05, 0.1) is 6.10 Å². The van der Waals surface area contributed by atoms with Crippen molar-refractivity contribution in [2.45, 2.75) is 31.4 Å². The van der Waals surface area contributed by atoms with Crippen LogP contribution >= 0.6 is 11.6 Å². The molecule has 0 saturated heterocycles. The third kappa shape index (κ3) is 2.11. The maximum absolute atomic E-state index is 9.53. The van der Waals surface area contributed by atoms with E-state index < -0.39 is 0 Å². The zero-order valence-corrected chi connectivity index (χ0v) is 10.4. The van der Waals surface area contributed by atoms with Crippen LogP contribution in [0, 0.1) is 0 Å². The van der Waals surface area contributed by atoms with Crippen LogP contribution in [0.1, 0.15) is 19.3 Å². The summed E-state index contributed by atoms with van der Waals surface area (Å²) in [6.07, 6.45) is 5.69. The molecule has 0 spiro atoms. The van der Waals surface area contributed by atoms with Crippen LogP contribution in [0.2, 0.25) is 5.15 Å². The molecular weight excluding hydrogens is 252 g/mol. The number of pyridine rings is 1. The molecule has 2 N–H and O–H groups in total. The molecule has 0 bridgehead atoms. The standard InChI is InChI=1S/C12H13ClN4O/c13-11-10-6-14-4-3-9(10)12(17-16-11)15-7-1-2-8(18)5-7/h3-4,6-8,18H,1-2,5H2,(H,15,17)/t7?,8-/m0/s1. The van der Waals surface area contributed by atoms with Gasteiger partial charge < -0.3 is 10.4 Å². The Morgan fingerprint density at radius 3 is 2.94 bits per heavy atom. The van der Waals surface area contributed by atoms with Crippen molar-refractivity contribution in [3.8, 4) is 0 Å². The molecule has 6 heteroatoms. The van der Waals surface area contributed by atoms with E-state index in [1.807, 2.05) is 6.07 Å². The lowest BCUT2D eigenvalue weighted by atomic mass is 10.2. The molecule has 18 heavy (non-hydrogen) atoms. The lowest BCUT2D eigenvalue weighted by Crippen LogP contribution is -2.18. The highest BCUT2D eigenvalue weighted by Gasteiger charge is 2.23. The molecule has 0 aliphatic heterocycles. The molecule has 2 aromatic rings. The van der Waals surface area contributed by atoms with Crippen LogP contribution < -0.4 is 5.32 Å². The fourth-order valence-corrected chi connectivity index (χ4v) is 2.54. The Labute approximate surface area is 109 Å². The number of anilines is 1. The average Bonchev–Trinajstić information content (AvgIpc) is 2.79. The number of aliphatic hydroxyl groups is 1. The van der Waals surface area contributed by atoms with Gasteiger partial charge in [0.25, 0.3) is 0 Å². The van der Waals surface area contributed by atoms with Crippen molar-refractivity contribution >= 4 is 28.2 Å². The Hall–Kier alpha value is -1.46. The van der Waals surface area contributed by atoms with Crippen LogP contribution in [0.5, 0.6) is 0 Å². The molecule has 2 heterocycles. The highest BCUT2D eigenvalue weighted by Crippen LogP contribution is 2.28. The Morgan fingerprint density at radius 2 is 2.17 bits per heavy atom. The zero-order chi connectivity index (χ0) is 12.5. The van der Waals surface area contributed by atoms with Crippen molar-refractivity contribution in [3.63, 3.8) is 0 Å². The largest absolute Gasteiger partial charge is 0.393 e. The minimum Gasteiger partial charge on any atom is -0.393 e. The van der Waals surface area contributed by atoms with E-state index in [2.05, 4.69) is 20.5 Å². The lowest BCUT2D eigenvalue weighted by Gasteiger charge is -2.14. The van der Waals surface area contributed by atoms with Crippen LogP contribution in [0.25, 0.3) is 10.8 Å². The first kappa shape index (κ1) is 11.6. The van der Waals surface area contributed by atoms with Crippen LogP contribution in [-0.2, 0) is 0 Å². The second-order valence-electron chi connectivity index (χ2n) is 4.57. The number of rotatable bonds is 2. The van der Waals surface area contributed by atoms with E-state index in [1.54, 1.807) is 12.4 Å². The van der Waals surface area contributed by atoms with Gasteiger partial charge in [0.15, 0.2) is 11.0 Å². The summed E-state index contributed by atoms with van der Waals surface area (Å²) in [5.74, 6) is 0.705. The SMILES string of the molecule is O[C@H]1CCC(Nc2nnc(Cl)c3cnccc23)C1. The van der Waals surface area contributed by atoms with Crippen molar-refractivity contribution in [1.82, 2.24) is 15.2 Å². The van der Waals surface area contributed by atoms with Gasteiger partial charge in [-0.3, -0.25) is 4.98 Å². The van der Waals surface area contributed by atoms with Gasteiger partial charge in [0.1, 0.15) is 0 Å². The summed E-state index contributed by atoms with van der Waals surface area (Å²) >= 11 is 5.99. The van der Waals surface area contributed by atoms with Crippen molar-refractivity contribution < 1.29 is 5.11 Å². The minimum atomic E-state index is -0.212. The third-order valence-electron chi connectivity index (χ3n) is 3.28. The Morgan fingerprint density at radius 1 is 1.28 bits per heavy atom. The predicted octanol–water partition coefficient (Wildman–Crippen LogP) is 2.00. The van der Waals surface area contributed by atoms with E-state index in [0.29, 0.717) is 11.0 Å². The van der Waals surface area contributed by atoms with Crippen LogP contribution in [0.15, 0.2) is 18.5 Å².